The number of ketones is 2. The number of aliphatic hydroxyl groups excluding tert-OH is 2. The number of aromatic nitrogens is 1. The van der Waals surface area contributed by atoms with Crippen molar-refractivity contribution < 1.29 is 24.5 Å². The number of hydrogen-bond donors (Lipinski definition) is 3. The second-order valence-electron chi connectivity index (χ2n) is 3.96. The summed E-state index contributed by atoms with van der Waals surface area (Å²) >= 11 is 0. The molecule has 3 N–H and O–H groups in total. The molecule has 0 unspecified atom stereocenters. The van der Waals surface area contributed by atoms with E-state index in [0.717, 1.165) is 0 Å². The third-order valence-corrected chi connectivity index (χ3v) is 3.05. The van der Waals surface area contributed by atoms with Gasteiger partial charge in [0.15, 0.2) is 5.76 Å². The Morgan fingerprint density at radius 1 is 1.17 bits per heavy atom. The first kappa shape index (κ1) is 12.5. The molecule has 0 aromatic carbocycles. The SMILES string of the molecule is COC1=C(C)C(=O)c2[nH]c(CO)c(CO)c2C1=O. The van der Waals surface area contributed by atoms with E-state index in [1.165, 1.54) is 14.0 Å². The summed E-state index contributed by atoms with van der Waals surface area (Å²) in [5, 5.41) is 18.4. The van der Waals surface area contributed by atoms with Gasteiger partial charge in [-0.3, -0.25) is 9.59 Å². The smallest absolute Gasteiger partial charge is 0.230 e. The molecule has 1 aromatic heterocycles. The molecule has 0 saturated heterocycles. The van der Waals surface area contributed by atoms with Gasteiger partial charge in [-0.15, -0.1) is 0 Å². The van der Waals surface area contributed by atoms with Crippen LogP contribution >= 0.6 is 0 Å². The molecule has 1 aromatic rings. The fourth-order valence-corrected chi connectivity index (χ4v) is 2.14. The third kappa shape index (κ3) is 1.50. The van der Waals surface area contributed by atoms with Crippen LogP contribution in [0.5, 0.6) is 0 Å². The van der Waals surface area contributed by atoms with E-state index >= 15 is 0 Å². The lowest BCUT2D eigenvalue weighted by molar-refractivity contribution is 0.0902. The number of aromatic amines is 1. The van der Waals surface area contributed by atoms with Crippen LogP contribution in [0.1, 0.15) is 39.0 Å². The van der Waals surface area contributed by atoms with Crippen molar-refractivity contribution >= 4 is 11.6 Å². The highest BCUT2D eigenvalue weighted by molar-refractivity contribution is 6.26. The highest BCUT2D eigenvalue weighted by Crippen LogP contribution is 2.30. The molecule has 0 bridgehead atoms. The summed E-state index contributed by atoms with van der Waals surface area (Å²) in [6, 6.07) is 0. The van der Waals surface area contributed by atoms with Gasteiger partial charge in [0, 0.05) is 16.8 Å². The molecule has 1 aliphatic carbocycles. The Hall–Kier alpha value is -1.92. The van der Waals surface area contributed by atoms with Crippen molar-refractivity contribution in [2.24, 2.45) is 0 Å². The van der Waals surface area contributed by atoms with Gasteiger partial charge in [0.25, 0.3) is 0 Å². The average Bonchev–Trinajstić information content (AvgIpc) is 2.75. The number of fused-ring (bicyclic) bond motifs is 1. The summed E-state index contributed by atoms with van der Waals surface area (Å²) in [4.78, 5) is 26.9. The molecule has 0 saturated carbocycles. The summed E-state index contributed by atoms with van der Waals surface area (Å²) in [6.07, 6.45) is 0. The average molecular weight is 251 g/mol. The Labute approximate surface area is 103 Å². The number of carbonyl (C=O) groups is 2. The van der Waals surface area contributed by atoms with E-state index in [1.54, 1.807) is 0 Å². The van der Waals surface area contributed by atoms with Gasteiger partial charge in [-0.2, -0.15) is 0 Å². The molecule has 0 radical (unpaired) electrons. The lowest BCUT2D eigenvalue weighted by Crippen LogP contribution is -2.22. The largest absolute Gasteiger partial charge is 0.492 e. The van der Waals surface area contributed by atoms with Gasteiger partial charge in [0.05, 0.1) is 31.6 Å². The Bertz CT molecular complexity index is 567. The van der Waals surface area contributed by atoms with Gasteiger partial charge in [0.2, 0.25) is 11.6 Å². The fraction of sp³-hybridized carbons (Fsp3) is 0.333. The van der Waals surface area contributed by atoms with Gasteiger partial charge >= 0.3 is 0 Å². The summed E-state index contributed by atoms with van der Waals surface area (Å²) in [6.45, 7) is 0.682. The maximum absolute atomic E-state index is 12.2. The first-order chi connectivity index (χ1) is 8.56. The zero-order chi connectivity index (χ0) is 13.4. The van der Waals surface area contributed by atoms with E-state index in [0.29, 0.717) is 0 Å². The van der Waals surface area contributed by atoms with Crippen molar-refractivity contribution in [3.63, 3.8) is 0 Å². The van der Waals surface area contributed by atoms with Gasteiger partial charge in [-0.1, -0.05) is 0 Å². The van der Waals surface area contributed by atoms with E-state index in [2.05, 4.69) is 4.98 Å². The number of aliphatic hydroxyl groups is 2. The lowest BCUT2D eigenvalue weighted by Gasteiger charge is -2.15. The molecule has 0 aliphatic heterocycles. The highest BCUT2D eigenvalue weighted by atomic mass is 16.5. The molecule has 1 aliphatic rings. The summed E-state index contributed by atoms with van der Waals surface area (Å²) in [5.74, 6) is -0.842. The number of Topliss-reactive ketones (excluding diaryl/α,β-unsaturated/α-hetero) is 2. The Kier molecular flexibility index (Phi) is 3.06. The predicted octanol–water partition coefficient (Wildman–Crippen LogP) is 0.299. The summed E-state index contributed by atoms with van der Waals surface area (Å²) < 4.78 is 4.94. The van der Waals surface area contributed by atoms with Crippen molar-refractivity contribution in [3.05, 3.63) is 33.8 Å². The molecule has 1 heterocycles. The minimum atomic E-state index is -0.454. The number of ether oxygens (including phenoxy) is 1. The zero-order valence-corrected chi connectivity index (χ0v) is 10.0. The van der Waals surface area contributed by atoms with Crippen LogP contribution in [0, 0.1) is 0 Å². The van der Waals surface area contributed by atoms with Crippen LogP contribution in [0.25, 0.3) is 0 Å². The first-order valence-electron chi connectivity index (χ1n) is 5.36. The van der Waals surface area contributed by atoms with E-state index in [-0.39, 0.29) is 46.2 Å². The van der Waals surface area contributed by atoms with Crippen molar-refractivity contribution in [1.82, 2.24) is 4.98 Å². The molecule has 0 spiro atoms. The predicted molar refractivity (Wildman–Crippen MR) is 61.0 cm³/mol. The molecular weight excluding hydrogens is 238 g/mol. The van der Waals surface area contributed by atoms with Crippen LogP contribution in [-0.2, 0) is 18.0 Å². The minimum Gasteiger partial charge on any atom is -0.492 e. The van der Waals surface area contributed by atoms with E-state index < -0.39 is 12.4 Å². The molecule has 0 fully saturated rings. The minimum absolute atomic E-state index is 0.0225. The lowest BCUT2D eigenvalue weighted by atomic mass is 9.91. The Morgan fingerprint density at radius 3 is 2.33 bits per heavy atom. The Balaban J connectivity index is 2.71. The maximum Gasteiger partial charge on any atom is 0.230 e. The van der Waals surface area contributed by atoms with Crippen LogP contribution in [0.2, 0.25) is 0 Å². The van der Waals surface area contributed by atoms with Crippen molar-refractivity contribution in [1.29, 1.82) is 0 Å². The fourth-order valence-electron chi connectivity index (χ4n) is 2.14. The molecule has 6 heteroatoms. The number of hydrogen-bond acceptors (Lipinski definition) is 5. The normalized spacial score (nSPS) is 15.1. The number of H-pyrrole nitrogens is 1. The Morgan fingerprint density at radius 2 is 1.83 bits per heavy atom. The van der Waals surface area contributed by atoms with Gasteiger partial charge in [0.1, 0.15) is 0 Å². The molecule has 6 nitrogen and oxygen atoms in total. The number of allylic oxidation sites excluding steroid dienone is 2. The first-order valence-corrected chi connectivity index (χ1v) is 5.36. The second-order valence-corrected chi connectivity index (χ2v) is 3.96. The van der Waals surface area contributed by atoms with Gasteiger partial charge in [-0.05, 0) is 6.92 Å². The topological polar surface area (TPSA) is 99.6 Å². The van der Waals surface area contributed by atoms with E-state index in [9.17, 15) is 14.7 Å². The standard InChI is InChI=1S/C12H13NO5/c1-5-10(16)9-8(11(17)12(5)18-2)6(3-14)7(4-15)13-9/h13-15H,3-4H2,1-2H3. The molecule has 96 valence electrons. The summed E-state index contributed by atoms with van der Waals surface area (Å²) in [7, 11) is 1.31. The van der Waals surface area contributed by atoms with Crippen LogP contribution < -0.4 is 0 Å². The molecule has 0 atom stereocenters. The summed E-state index contributed by atoms with van der Waals surface area (Å²) in [5.41, 5.74) is 0.924. The molecular formula is C12H13NO5. The third-order valence-electron chi connectivity index (χ3n) is 3.05. The maximum atomic E-state index is 12.2. The van der Waals surface area contributed by atoms with E-state index in [1.807, 2.05) is 0 Å². The number of rotatable bonds is 3. The van der Waals surface area contributed by atoms with Gasteiger partial charge < -0.3 is 19.9 Å². The van der Waals surface area contributed by atoms with Crippen LogP contribution in [0.15, 0.2) is 11.3 Å². The highest BCUT2D eigenvalue weighted by Gasteiger charge is 2.35. The van der Waals surface area contributed by atoms with E-state index in [4.69, 9.17) is 9.84 Å². The number of carbonyl (C=O) groups excluding carboxylic acids is 2. The molecule has 0 amide bonds. The molecule has 18 heavy (non-hydrogen) atoms. The monoisotopic (exact) mass is 251 g/mol. The number of methoxy groups -OCH3 is 1. The number of nitrogens with one attached hydrogen (secondary N) is 1. The van der Waals surface area contributed by atoms with Crippen molar-refractivity contribution in [2.75, 3.05) is 7.11 Å². The van der Waals surface area contributed by atoms with Gasteiger partial charge in [-0.25, -0.2) is 0 Å². The second kappa shape index (κ2) is 4.40. The van der Waals surface area contributed by atoms with Crippen molar-refractivity contribution in [3.8, 4) is 0 Å². The zero-order valence-electron chi connectivity index (χ0n) is 10.0. The van der Waals surface area contributed by atoms with Crippen molar-refractivity contribution in [2.45, 2.75) is 20.1 Å². The van der Waals surface area contributed by atoms with Crippen LogP contribution in [-0.4, -0.2) is 33.9 Å². The molecule has 2 rings (SSSR count). The van der Waals surface area contributed by atoms with Crippen LogP contribution in [0.4, 0.5) is 0 Å². The quantitative estimate of drug-likeness (QED) is 0.717. The van der Waals surface area contributed by atoms with Crippen LogP contribution in [0.3, 0.4) is 0 Å².